The van der Waals surface area contributed by atoms with Crippen LogP contribution in [0.4, 0.5) is 4.79 Å². The number of carbonyl (C=O) groups is 1. The van der Waals surface area contributed by atoms with Crippen molar-refractivity contribution in [1.29, 1.82) is 0 Å². The van der Waals surface area contributed by atoms with Crippen molar-refractivity contribution in [2.75, 3.05) is 19.8 Å². The van der Waals surface area contributed by atoms with E-state index in [2.05, 4.69) is 17.0 Å². The summed E-state index contributed by atoms with van der Waals surface area (Å²) in [5.41, 5.74) is 5.72. The molecular formula is C15H25NO3. The molecule has 0 radical (unpaired) electrons. The van der Waals surface area contributed by atoms with Gasteiger partial charge in [0.05, 0.1) is 6.61 Å². The third-order valence-electron chi connectivity index (χ3n) is 1.73. The Bertz CT molecular complexity index is 310. The van der Waals surface area contributed by atoms with Crippen molar-refractivity contribution >= 4 is 12.2 Å². The SMILES string of the molecule is C=Cc1ccccc1.CCOC(N)=O.CCOCC. The van der Waals surface area contributed by atoms with E-state index in [0.717, 1.165) is 13.2 Å². The molecule has 108 valence electrons. The molecule has 1 aromatic carbocycles. The van der Waals surface area contributed by atoms with Gasteiger partial charge < -0.3 is 15.2 Å². The van der Waals surface area contributed by atoms with E-state index in [1.165, 1.54) is 5.56 Å². The minimum absolute atomic E-state index is 0.356. The molecule has 19 heavy (non-hydrogen) atoms. The van der Waals surface area contributed by atoms with E-state index in [1.807, 2.05) is 50.3 Å². The van der Waals surface area contributed by atoms with E-state index >= 15 is 0 Å². The molecule has 0 unspecified atom stereocenters. The molecule has 1 amide bonds. The Kier molecular flexibility index (Phi) is 16.6. The molecule has 0 spiro atoms. The van der Waals surface area contributed by atoms with E-state index in [1.54, 1.807) is 6.92 Å². The lowest BCUT2D eigenvalue weighted by Crippen LogP contribution is -2.11. The molecular weight excluding hydrogens is 242 g/mol. The van der Waals surface area contributed by atoms with Crippen LogP contribution in [0.1, 0.15) is 26.3 Å². The smallest absolute Gasteiger partial charge is 0.404 e. The standard InChI is InChI=1S/C8H8.C4H10O.C3H7NO2/c1-2-8-6-4-3-5-7-8;1-3-5-4-2;1-2-6-3(4)5/h2-7H,1H2;3-4H2,1-2H3;2H2,1H3,(H2,4,5). The van der Waals surface area contributed by atoms with Crippen LogP contribution in [0, 0.1) is 0 Å². The van der Waals surface area contributed by atoms with Gasteiger partial charge in [0.1, 0.15) is 0 Å². The Balaban J connectivity index is 0. The summed E-state index contributed by atoms with van der Waals surface area (Å²) >= 11 is 0. The van der Waals surface area contributed by atoms with E-state index in [9.17, 15) is 4.79 Å². The number of rotatable bonds is 4. The van der Waals surface area contributed by atoms with Crippen molar-refractivity contribution in [1.82, 2.24) is 0 Å². The van der Waals surface area contributed by atoms with E-state index in [-0.39, 0.29) is 0 Å². The van der Waals surface area contributed by atoms with Gasteiger partial charge in [0.2, 0.25) is 0 Å². The molecule has 0 fully saturated rings. The fourth-order valence-corrected chi connectivity index (χ4v) is 0.936. The molecule has 0 aliphatic rings. The number of ether oxygens (including phenoxy) is 2. The molecule has 0 saturated carbocycles. The summed E-state index contributed by atoms with van der Waals surface area (Å²) in [5.74, 6) is 0. The zero-order chi connectivity index (χ0) is 14.9. The van der Waals surface area contributed by atoms with Crippen LogP contribution in [0.15, 0.2) is 36.9 Å². The molecule has 0 aromatic heterocycles. The zero-order valence-electron chi connectivity index (χ0n) is 12.1. The van der Waals surface area contributed by atoms with Crippen LogP contribution in [0.3, 0.4) is 0 Å². The molecule has 0 saturated heterocycles. The van der Waals surface area contributed by atoms with Crippen molar-refractivity contribution in [2.45, 2.75) is 20.8 Å². The zero-order valence-corrected chi connectivity index (χ0v) is 12.1. The van der Waals surface area contributed by atoms with Crippen LogP contribution < -0.4 is 5.73 Å². The summed E-state index contributed by atoms with van der Waals surface area (Å²) in [7, 11) is 0. The van der Waals surface area contributed by atoms with Crippen molar-refractivity contribution < 1.29 is 14.3 Å². The van der Waals surface area contributed by atoms with Crippen molar-refractivity contribution in [2.24, 2.45) is 5.73 Å². The Morgan fingerprint density at radius 2 is 1.68 bits per heavy atom. The fraction of sp³-hybridized carbons (Fsp3) is 0.400. The van der Waals surface area contributed by atoms with Gasteiger partial charge in [-0.25, -0.2) is 4.79 Å². The minimum Gasteiger partial charge on any atom is -0.450 e. The topological polar surface area (TPSA) is 61.5 Å². The van der Waals surface area contributed by atoms with Gasteiger partial charge in [-0.3, -0.25) is 0 Å². The van der Waals surface area contributed by atoms with Crippen LogP contribution in [-0.2, 0) is 9.47 Å². The van der Waals surface area contributed by atoms with Crippen LogP contribution in [0.25, 0.3) is 6.08 Å². The van der Waals surface area contributed by atoms with Crippen molar-refractivity contribution in [3.63, 3.8) is 0 Å². The maximum Gasteiger partial charge on any atom is 0.404 e. The molecule has 1 rings (SSSR count). The minimum atomic E-state index is -0.711. The highest BCUT2D eigenvalue weighted by Gasteiger charge is 1.82. The lowest BCUT2D eigenvalue weighted by molar-refractivity contribution is 0.162. The van der Waals surface area contributed by atoms with Gasteiger partial charge in [0.15, 0.2) is 0 Å². The predicted octanol–water partition coefficient (Wildman–Crippen LogP) is 3.47. The van der Waals surface area contributed by atoms with Crippen LogP contribution >= 0.6 is 0 Å². The lowest BCUT2D eigenvalue weighted by Gasteiger charge is -1.89. The molecule has 0 atom stereocenters. The number of benzene rings is 1. The highest BCUT2D eigenvalue weighted by Crippen LogP contribution is 1.97. The van der Waals surface area contributed by atoms with Crippen LogP contribution in [0.2, 0.25) is 0 Å². The third-order valence-corrected chi connectivity index (χ3v) is 1.73. The number of hydrogen-bond acceptors (Lipinski definition) is 3. The molecule has 0 aliphatic carbocycles. The average molecular weight is 267 g/mol. The number of nitrogens with two attached hydrogens (primary N) is 1. The van der Waals surface area contributed by atoms with Gasteiger partial charge in [-0.05, 0) is 26.3 Å². The quantitative estimate of drug-likeness (QED) is 0.908. The lowest BCUT2D eigenvalue weighted by atomic mass is 10.2. The largest absolute Gasteiger partial charge is 0.450 e. The Hall–Kier alpha value is -1.81. The monoisotopic (exact) mass is 267 g/mol. The second-order valence-corrected chi connectivity index (χ2v) is 3.15. The number of primary amides is 1. The highest BCUT2D eigenvalue weighted by molar-refractivity contribution is 5.64. The summed E-state index contributed by atoms with van der Waals surface area (Å²) in [6.45, 7) is 11.4. The highest BCUT2D eigenvalue weighted by atomic mass is 16.5. The second-order valence-electron chi connectivity index (χ2n) is 3.15. The molecule has 4 nitrogen and oxygen atoms in total. The molecule has 0 aliphatic heterocycles. The summed E-state index contributed by atoms with van der Waals surface area (Å²) in [4.78, 5) is 9.60. The van der Waals surface area contributed by atoms with Gasteiger partial charge in [-0.2, -0.15) is 0 Å². The van der Waals surface area contributed by atoms with E-state index in [4.69, 9.17) is 4.74 Å². The van der Waals surface area contributed by atoms with Gasteiger partial charge in [-0.15, -0.1) is 0 Å². The molecule has 0 heterocycles. The van der Waals surface area contributed by atoms with Gasteiger partial charge in [0.25, 0.3) is 0 Å². The maximum absolute atomic E-state index is 9.60. The van der Waals surface area contributed by atoms with E-state index < -0.39 is 6.09 Å². The molecule has 1 aromatic rings. The first-order valence-corrected chi connectivity index (χ1v) is 6.29. The second kappa shape index (κ2) is 16.2. The predicted molar refractivity (Wildman–Crippen MR) is 79.9 cm³/mol. The third kappa shape index (κ3) is 18.7. The summed E-state index contributed by atoms with van der Waals surface area (Å²) < 4.78 is 9.01. The summed E-state index contributed by atoms with van der Waals surface area (Å²) in [6.07, 6.45) is 1.12. The average Bonchev–Trinajstić information content (AvgIpc) is 2.42. The summed E-state index contributed by atoms with van der Waals surface area (Å²) in [5, 5.41) is 0. The normalized spacial score (nSPS) is 8.16. The first kappa shape index (κ1) is 19.5. The first-order valence-electron chi connectivity index (χ1n) is 6.29. The molecule has 4 heteroatoms. The van der Waals surface area contributed by atoms with Crippen molar-refractivity contribution in [3.05, 3.63) is 42.5 Å². The van der Waals surface area contributed by atoms with Crippen molar-refractivity contribution in [3.8, 4) is 0 Å². The summed E-state index contributed by atoms with van der Waals surface area (Å²) in [6, 6.07) is 10.0. The Labute approximate surface area is 116 Å². The van der Waals surface area contributed by atoms with E-state index in [0.29, 0.717) is 6.61 Å². The van der Waals surface area contributed by atoms with Gasteiger partial charge in [0, 0.05) is 13.2 Å². The van der Waals surface area contributed by atoms with Gasteiger partial charge >= 0.3 is 6.09 Å². The van der Waals surface area contributed by atoms with Gasteiger partial charge in [-0.1, -0.05) is 43.0 Å². The Morgan fingerprint density at radius 3 is 1.84 bits per heavy atom. The molecule has 0 bridgehead atoms. The number of amides is 1. The first-order chi connectivity index (χ1) is 9.12. The maximum atomic E-state index is 9.60. The Morgan fingerprint density at radius 1 is 1.16 bits per heavy atom. The fourth-order valence-electron chi connectivity index (χ4n) is 0.936. The number of carbonyl (C=O) groups excluding carboxylic acids is 1. The molecule has 2 N–H and O–H groups in total. The number of hydrogen-bond donors (Lipinski definition) is 1. The van der Waals surface area contributed by atoms with Crippen LogP contribution in [0.5, 0.6) is 0 Å². The van der Waals surface area contributed by atoms with Crippen LogP contribution in [-0.4, -0.2) is 25.9 Å².